The molecule has 54 heavy (non-hydrogen) atoms. The van der Waals surface area contributed by atoms with Crippen molar-refractivity contribution in [2.75, 3.05) is 4.90 Å². The molecule has 12 aromatic rings. The molecular formula is C50H29NOS2. The smallest absolute Gasteiger partial charge is 0.143 e. The Kier molecular flexibility index (Phi) is 6.41. The molecule has 252 valence electrons. The fourth-order valence-electron chi connectivity index (χ4n) is 8.58. The van der Waals surface area contributed by atoms with Crippen molar-refractivity contribution in [1.82, 2.24) is 0 Å². The van der Waals surface area contributed by atoms with E-state index < -0.39 is 0 Å². The van der Waals surface area contributed by atoms with Gasteiger partial charge in [0.1, 0.15) is 11.2 Å². The summed E-state index contributed by atoms with van der Waals surface area (Å²) in [5.41, 5.74) is 7.43. The Morgan fingerprint density at radius 3 is 1.89 bits per heavy atom. The van der Waals surface area contributed by atoms with E-state index in [4.69, 9.17) is 4.42 Å². The summed E-state index contributed by atoms with van der Waals surface area (Å²) in [5, 5.41) is 12.6. The van der Waals surface area contributed by atoms with Crippen LogP contribution >= 0.6 is 22.7 Å². The highest BCUT2D eigenvalue weighted by Crippen LogP contribution is 2.49. The second-order valence-electron chi connectivity index (χ2n) is 14.0. The van der Waals surface area contributed by atoms with Crippen LogP contribution in [0.2, 0.25) is 0 Å². The first-order valence-electron chi connectivity index (χ1n) is 18.2. The lowest BCUT2D eigenvalue weighted by molar-refractivity contribution is 0.672. The number of benzene rings is 9. The highest BCUT2D eigenvalue weighted by molar-refractivity contribution is 7.28. The van der Waals surface area contributed by atoms with Crippen LogP contribution in [0.4, 0.5) is 17.1 Å². The molecule has 0 aliphatic heterocycles. The van der Waals surface area contributed by atoms with Gasteiger partial charge >= 0.3 is 0 Å². The maximum Gasteiger partial charge on any atom is 0.143 e. The number of furan rings is 1. The van der Waals surface area contributed by atoms with E-state index in [-0.39, 0.29) is 0 Å². The molecule has 0 saturated carbocycles. The fourth-order valence-corrected chi connectivity index (χ4v) is 11.0. The Balaban J connectivity index is 1.10. The molecule has 0 fully saturated rings. The summed E-state index contributed by atoms with van der Waals surface area (Å²) in [4.78, 5) is 2.40. The predicted molar refractivity (Wildman–Crippen MR) is 235 cm³/mol. The molecule has 0 unspecified atom stereocenters. The molecule has 3 heterocycles. The molecule has 0 amide bonds. The lowest BCUT2D eigenvalue weighted by Crippen LogP contribution is -2.11. The van der Waals surface area contributed by atoms with Gasteiger partial charge in [-0.3, -0.25) is 0 Å². The molecule has 0 aliphatic carbocycles. The maximum atomic E-state index is 6.72. The molecule has 9 aromatic carbocycles. The third kappa shape index (κ3) is 4.38. The number of anilines is 3. The Bertz CT molecular complexity index is 3460. The number of hydrogen-bond acceptors (Lipinski definition) is 4. The molecule has 0 saturated heterocycles. The molecular weight excluding hydrogens is 695 g/mol. The van der Waals surface area contributed by atoms with Crippen molar-refractivity contribution >= 4 is 124 Å². The van der Waals surface area contributed by atoms with Gasteiger partial charge in [0, 0.05) is 79.5 Å². The molecule has 3 aromatic heterocycles. The number of thiophene rings is 2. The Morgan fingerprint density at radius 1 is 0.407 bits per heavy atom. The summed E-state index contributed by atoms with van der Waals surface area (Å²) in [7, 11) is 0. The van der Waals surface area contributed by atoms with E-state index in [1.807, 2.05) is 22.7 Å². The number of hydrogen-bond donors (Lipinski definition) is 0. The number of rotatable bonds is 4. The fraction of sp³-hybridized carbons (Fsp3) is 0. The van der Waals surface area contributed by atoms with E-state index in [9.17, 15) is 0 Å². The van der Waals surface area contributed by atoms with Gasteiger partial charge in [-0.25, -0.2) is 0 Å². The van der Waals surface area contributed by atoms with Crippen LogP contribution in [0.5, 0.6) is 0 Å². The average Bonchev–Trinajstić information content (AvgIpc) is 3.92. The summed E-state index contributed by atoms with van der Waals surface area (Å²) in [5.74, 6) is 0. The first kappa shape index (κ1) is 30.0. The largest absolute Gasteiger partial charge is 0.455 e. The number of fused-ring (bicyclic) bond motifs is 14. The van der Waals surface area contributed by atoms with Crippen LogP contribution in [0.25, 0.3) is 95.0 Å². The minimum Gasteiger partial charge on any atom is -0.455 e. The van der Waals surface area contributed by atoms with Gasteiger partial charge in [-0.15, -0.1) is 22.7 Å². The van der Waals surface area contributed by atoms with Gasteiger partial charge in [-0.1, -0.05) is 121 Å². The highest BCUT2D eigenvalue weighted by Gasteiger charge is 2.21. The second kappa shape index (κ2) is 11.5. The van der Waals surface area contributed by atoms with Crippen molar-refractivity contribution in [3.8, 4) is 11.1 Å². The van der Waals surface area contributed by atoms with E-state index in [1.54, 1.807) is 0 Å². The lowest BCUT2D eigenvalue weighted by atomic mass is 10.0. The van der Waals surface area contributed by atoms with Crippen molar-refractivity contribution in [3.63, 3.8) is 0 Å². The first-order chi connectivity index (χ1) is 26.8. The van der Waals surface area contributed by atoms with Gasteiger partial charge in [-0.05, 0) is 70.3 Å². The van der Waals surface area contributed by atoms with Gasteiger partial charge < -0.3 is 9.32 Å². The summed E-state index contributed by atoms with van der Waals surface area (Å²) < 4.78 is 12.0. The molecule has 0 radical (unpaired) electrons. The van der Waals surface area contributed by atoms with Gasteiger partial charge in [0.25, 0.3) is 0 Å². The van der Waals surface area contributed by atoms with Gasteiger partial charge in [0.2, 0.25) is 0 Å². The molecule has 0 aliphatic rings. The SMILES string of the molecule is c1ccc(-c2ccccc2N(c2ccc3c(c2)oc2c4ccccc4ccc32)c2ccc3c(c2)sc2ccc4sc5c6ccccc6ccc5c4c23)cc1. The van der Waals surface area contributed by atoms with Gasteiger partial charge in [0.15, 0.2) is 0 Å². The summed E-state index contributed by atoms with van der Waals surface area (Å²) in [6.45, 7) is 0. The van der Waals surface area contributed by atoms with E-state index in [1.165, 1.54) is 67.6 Å². The van der Waals surface area contributed by atoms with E-state index in [0.29, 0.717) is 0 Å². The third-order valence-corrected chi connectivity index (χ3v) is 13.4. The summed E-state index contributed by atoms with van der Waals surface area (Å²) in [6.07, 6.45) is 0. The van der Waals surface area contributed by atoms with E-state index in [2.05, 4.69) is 181 Å². The van der Waals surface area contributed by atoms with Crippen LogP contribution < -0.4 is 4.90 Å². The van der Waals surface area contributed by atoms with Crippen molar-refractivity contribution in [1.29, 1.82) is 0 Å². The summed E-state index contributed by atoms with van der Waals surface area (Å²) in [6, 6.07) is 64.0. The quantitative estimate of drug-likeness (QED) is 0.180. The minimum absolute atomic E-state index is 0.878. The maximum absolute atomic E-state index is 6.72. The van der Waals surface area contributed by atoms with Crippen molar-refractivity contribution in [3.05, 3.63) is 176 Å². The Hall–Kier alpha value is -6.46. The highest BCUT2D eigenvalue weighted by atomic mass is 32.1. The second-order valence-corrected chi connectivity index (χ2v) is 16.2. The molecule has 0 atom stereocenters. The lowest BCUT2D eigenvalue weighted by Gasteiger charge is -2.28. The molecule has 12 rings (SSSR count). The van der Waals surface area contributed by atoms with Crippen LogP contribution in [0.1, 0.15) is 0 Å². The van der Waals surface area contributed by atoms with Crippen LogP contribution in [-0.4, -0.2) is 0 Å². The van der Waals surface area contributed by atoms with E-state index in [0.717, 1.165) is 44.4 Å². The van der Waals surface area contributed by atoms with Crippen molar-refractivity contribution in [2.24, 2.45) is 0 Å². The van der Waals surface area contributed by atoms with Crippen LogP contribution in [0.3, 0.4) is 0 Å². The zero-order chi connectivity index (χ0) is 35.3. The monoisotopic (exact) mass is 723 g/mol. The normalized spacial score (nSPS) is 12.1. The van der Waals surface area contributed by atoms with Gasteiger partial charge in [-0.2, -0.15) is 0 Å². The molecule has 0 N–H and O–H groups in total. The zero-order valence-corrected chi connectivity index (χ0v) is 30.5. The zero-order valence-electron chi connectivity index (χ0n) is 28.9. The standard InChI is InChI=1S/C50H29NOS2/c1-2-10-30(11-3-1)35-14-8-9-17-42(35)51(33-20-24-38-39-22-18-31-12-4-6-15-36(31)49(39)52-43(38)28-33)34-21-25-40-46(29-34)53-44-26-27-45-48(47(40)44)41-23-19-32-13-5-7-16-37(32)50(41)54-45/h1-29H. The van der Waals surface area contributed by atoms with Crippen LogP contribution in [-0.2, 0) is 0 Å². The topological polar surface area (TPSA) is 16.4 Å². The molecule has 2 nitrogen and oxygen atoms in total. The third-order valence-electron chi connectivity index (χ3n) is 11.0. The van der Waals surface area contributed by atoms with E-state index >= 15 is 0 Å². The molecule has 4 heteroatoms. The predicted octanol–water partition coefficient (Wildman–Crippen LogP) is 15.8. The Morgan fingerprint density at radius 2 is 1.04 bits per heavy atom. The Labute approximate surface area is 318 Å². The van der Waals surface area contributed by atoms with Gasteiger partial charge in [0.05, 0.1) is 5.69 Å². The number of nitrogens with zero attached hydrogens (tertiary/aromatic N) is 1. The van der Waals surface area contributed by atoms with Crippen molar-refractivity contribution in [2.45, 2.75) is 0 Å². The average molecular weight is 724 g/mol. The molecule has 0 spiro atoms. The number of para-hydroxylation sites is 1. The first-order valence-corrected chi connectivity index (χ1v) is 19.9. The summed E-state index contributed by atoms with van der Waals surface area (Å²) >= 11 is 3.79. The van der Waals surface area contributed by atoms with Crippen LogP contribution in [0, 0.1) is 0 Å². The van der Waals surface area contributed by atoms with Crippen LogP contribution in [0.15, 0.2) is 180 Å². The molecule has 0 bridgehead atoms. The minimum atomic E-state index is 0.878. The van der Waals surface area contributed by atoms with Crippen molar-refractivity contribution < 1.29 is 4.42 Å².